The highest BCUT2D eigenvalue weighted by Crippen LogP contribution is 2.25. The van der Waals surface area contributed by atoms with Crippen LogP contribution in [0.1, 0.15) is 5.56 Å². The zero-order valence-electron chi connectivity index (χ0n) is 12.5. The van der Waals surface area contributed by atoms with Crippen LogP contribution in [0.3, 0.4) is 0 Å². The predicted octanol–water partition coefficient (Wildman–Crippen LogP) is 1.83. The van der Waals surface area contributed by atoms with Gasteiger partial charge in [-0.2, -0.15) is 0 Å². The summed E-state index contributed by atoms with van der Waals surface area (Å²) in [5, 5.41) is 8.73. The normalized spacial score (nSPS) is 28.9. The van der Waals surface area contributed by atoms with Crippen molar-refractivity contribution in [3.05, 3.63) is 54.1 Å². The molecule has 2 aliphatic heterocycles. The molecule has 1 aromatic rings. The number of hydrogen-bond acceptors (Lipinski definition) is 2. The lowest BCUT2D eigenvalue weighted by Crippen LogP contribution is -2.62. The fourth-order valence-electron chi connectivity index (χ4n) is 3.36. The number of urea groups is 2. The first-order chi connectivity index (χ1) is 11.2. The van der Waals surface area contributed by atoms with Crippen molar-refractivity contribution in [1.82, 2.24) is 15.5 Å². The second kappa shape index (κ2) is 5.46. The number of para-hydroxylation sites is 1. The number of carbonyl (C=O) groups excluding carboxylic acids is 2. The number of allylic oxidation sites excluding steroid dienone is 2. The Balaban J connectivity index is 1.59. The molecular weight excluding hydrogens is 292 g/mol. The Labute approximate surface area is 134 Å². The highest BCUT2D eigenvalue weighted by atomic mass is 16.2. The Bertz CT molecular complexity index is 712. The summed E-state index contributed by atoms with van der Waals surface area (Å²) in [6, 6.07) is 7.29. The van der Waals surface area contributed by atoms with Crippen LogP contribution in [0.25, 0.3) is 0 Å². The Morgan fingerprint density at radius 1 is 1.04 bits per heavy atom. The molecule has 4 amide bonds. The van der Waals surface area contributed by atoms with E-state index in [4.69, 9.17) is 0 Å². The molecule has 0 saturated carbocycles. The van der Waals surface area contributed by atoms with Crippen LogP contribution in [-0.2, 0) is 6.42 Å². The third-order valence-corrected chi connectivity index (χ3v) is 4.56. The van der Waals surface area contributed by atoms with Gasteiger partial charge in [0, 0.05) is 24.6 Å². The summed E-state index contributed by atoms with van der Waals surface area (Å²) in [5.74, 6) is 0.223. The first kappa shape index (κ1) is 13.9. The lowest BCUT2D eigenvalue weighted by atomic mass is 9.92. The summed E-state index contributed by atoms with van der Waals surface area (Å²) in [7, 11) is 0. The minimum atomic E-state index is -0.362. The van der Waals surface area contributed by atoms with E-state index in [1.54, 1.807) is 4.90 Å². The Morgan fingerprint density at radius 3 is 2.78 bits per heavy atom. The van der Waals surface area contributed by atoms with Crippen LogP contribution in [-0.4, -0.2) is 35.7 Å². The lowest BCUT2D eigenvalue weighted by Gasteiger charge is -2.41. The van der Waals surface area contributed by atoms with Gasteiger partial charge in [-0.1, -0.05) is 42.5 Å². The zero-order chi connectivity index (χ0) is 15.8. The molecule has 0 bridgehead atoms. The van der Waals surface area contributed by atoms with E-state index in [1.807, 2.05) is 42.5 Å². The van der Waals surface area contributed by atoms with Crippen molar-refractivity contribution >= 4 is 17.7 Å². The van der Waals surface area contributed by atoms with Gasteiger partial charge >= 0.3 is 12.1 Å². The average Bonchev–Trinajstić information content (AvgIpc) is 2.72. The molecule has 1 saturated heterocycles. The molecule has 3 unspecified atom stereocenters. The van der Waals surface area contributed by atoms with Gasteiger partial charge in [-0.05, 0) is 11.6 Å². The molecule has 3 N–H and O–H groups in total. The number of amides is 4. The van der Waals surface area contributed by atoms with Crippen LogP contribution in [0.15, 0.2) is 48.6 Å². The molecule has 3 aliphatic rings. The maximum atomic E-state index is 12.5. The van der Waals surface area contributed by atoms with Gasteiger partial charge in [-0.25, -0.2) is 9.59 Å². The summed E-state index contributed by atoms with van der Waals surface area (Å²) >= 11 is 0. The highest BCUT2D eigenvalue weighted by molar-refractivity contribution is 5.91. The van der Waals surface area contributed by atoms with Crippen LogP contribution in [0, 0.1) is 5.92 Å². The van der Waals surface area contributed by atoms with E-state index >= 15 is 0 Å². The molecule has 1 aromatic carbocycles. The minimum absolute atomic E-state index is 0.0376. The van der Waals surface area contributed by atoms with E-state index in [0.29, 0.717) is 13.0 Å². The number of carbonyl (C=O) groups is 2. The quantitative estimate of drug-likeness (QED) is 0.740. The summed E-state index contributed by atoms with van der Waals surface area (Å²) in [5.41, 5.74) is 1.81. The standard InChI is InChI=1S/C17H18N4O2/c22-16-18-13-7-3-1-5-11(13)9-15(20-16)21-10-12-6-2-4-8-14(12)19-17(21)23/h1-8,12,14-15H,9-10H2,(H,19,23)(H2,18,20,22). The number of fused-ring (bicyclic) bond motifs is 2. The van der Waals surface area contributed by atoms with Gasteiger partial charge in [0.2, 0.25) is 0 Å². The number of nitrogens with one attached hydrogen (secondary N) is 3. The monoisotopic (exact) mass is 310 g/mol. The molecule has 0 aromatic heterocycles. The first-order valence-corrected chi connectivity index (χ1v) is 7.78. The molecule has 23 heavy (non-hydrogen) atoms. The Morgan fingerprint density at radius 2 is 1.87 bits per heavy atom. The summed E-state index contributed by atoms with van der Waals surface area (Å²) in [4.78, 5) is 26.3. The van der Waals surface area contributed by atoms with Crippen molar-refractivity contribution in [2.75, 3.05) is 11.9 Å². The second-order valence-corrected chi connectivity index (χ2v) is 6.04. The third-order valence-electron chi connectivity index (χ3n) is 4.56. The summed E-state index contributed by atoms with van der Waals surface area (Å²) in [6.07, 6.45) is 8.27. The van der Waals surface area contributed by atoms with E-state index < -0.39 is 0 Å². The van der Waals surface area contributed by atoms with Crippen molar-refractivity contribution in [2.45, 2.75) is 18.6 Å². The summed E-state index contributed by atoms with van der Waals surface area (Å²) in [6.45, 7) is 0.588. The molecular formula is C17H18N4O2. The van der Waals surface area contributed by atoms with E-state index in [1.165, 1.54) is 0 Å². The van der Waals surface area contributed by atoms with E-state index in [9.17, 15) is 9.59 Å². The van der Waals surface area contributed by atoms with Gasteiger partial charge in [0.05, 0.1) is 6.04 Å². The summed E-state index contributed by atoms with van der Waals surface area (Å²) < 4.78 is 0. The third kappa shape index (κ3) is 2.56. The number of benzene rings is 1. The Kier molecular flexibility index (Phi) is 3.29. The zero-order valence-corrected chi connectivity index (χ0v) is 12.5. The largest absolute Gasteiger partial charge is 0.331 e. The van der Waals surface area contributed by atoms with E-state index in [0.717, 1.165) is 11.3 Å². The van der Waals surface area contributed by atoms with Crippen LogP contribution >= 0.6 is 0 Å². The van der Waals surface area contributed by atoms with Crippen molar-refractivity contribution < 1.29 is 9.59 Å². The smallest absolute Gasteiger partial charge is 0.320 e. The van der Waals surface area contributed by atoms with E-state index in [2.05, 4.69) is 22.0 Å². The highest BCUT2D eigenvalue weighted by Gasteiger charge is 2.36. The van der Waals surface area contributed by atoms with Gasteiger partial charge in [0.15, 0.2) is 0 Å². The molecule has 0 radical (unpaired) electrons. The molecule has 1 fully saturated rings. The molecule has 6 nitrogen and oxygen atoms in total. The van der Waals surface area contributed by atoms with Gasteiger partial charge in [0.25, 0.3) is 0 Å². The number of anilines is 1. The van der Waals surface area contributed by atoms with Crippen LogP contribution in [0.4, 0.5) is 15.3 Å². The van der Waals surface area contributed by atoms with Crippen molar-refractivity contribution in [3.63, 3.8) is 0 Å². The molecule has 118 valence electrons. The average molecular weight is 310 g/mol. The van der Waals surface area contributed by atoms with Crippen molar-refractivity contribution in [3.8, 4) is 0 Å². The SMILES string of the molecule is O=C1Nc2ccccc2CC(N2CC3C=CC=CC3NC2=O)N1. The van der Waals surface area contributed by atoms with Crippen LogP contribution < -0.4 is 16.0 Å². The molecule has 1 aliphatic carbocycles. The predicted molar refractivity (Wildman–Crippen MR) is 86.9 cm³/mol. The molecule has 3 atom stereocenters. The maximum absolute atomic E-state index is 12.5. The van der Waals surface area contributed by atoms with Gasteiger partial charge < -0.3 is 20.9 Å². The molecule has 4 rings (SSSR count). The first-order valence-electron chi connectivity index (χ1n) is 7.78. The number of nitrogens with zero attached hydrogens (tertiary/aromatic N) is 1. The molecule has 2 heterocycles. The van der Waals surface area contributed by atoms with Crippen molar-refractivity contribution in [2.24, 2.45) is 5.92 Å². The molecule has 6 heteroatoms. The number of rotatable bonds is 1. The molecule has 0 spiro atoms. The van der Waals surface area contributed by atoms with Gasteiger partial charge in [0.1, 0.15) is 6.17 Å². The maximum Gasteiger partial charge on any atom is 0.320 e. The van der Waals surface area contributed by atoms with Gasteiger partial charge in [-0.15, -0.1) is 0 Å². The Hall–Kier alpha value is -2.76. The second-order valence-electron chi connectivity index (χ2n) is 6.04. The minimum Gasteiger partial charge on any atom is -0.331 e. The lowest BCUT2D eigenvalue weighted by molar-refractivity contribution is 0.129. The topological polar surface area (TPSA) is 73.5 Å². The van der Waals surface area contributed by atoms with Crippen molar-refractivity contribution in [1.29, 1.82) is 0 Å². The van der Waals surface area contributed by atoms with E-state index in [-0.39, 0.29) is 30.2 Å². The number of hydrogen-bond donors (Lipinski definition) is 3. The fourth-order valence-corrected chi connectivity index (χ4v) is 3.36. The van der Waals surface area contributed by atoms with Gasteiger partial charge in [-0.3, -0.25) is 0 Å². The van der Waals surface area contributed by atoms with Crippen LogP contribution in [0.2, 0.25) is 0 Å². The van der Waals surface area contributed by atoms with Crippen LogP contribution in [0.5, 0.6) is 0 Å². The fraction of sp³-hybridized carbons (Fsp3) is 0.294.